The van der Waals surface area contributed by atoms with Crippen LogP contribution in [0, 0.1) is 6.92 Å². The van der Waals surface area contributed by atoms with Gasteiger partial charge in [0.1, 0.15) is 11.6 Å². The van der Waals surface area contributed by atoms with E-state index in [9.17, 15) is 0 Å². The van der Waals surface area contributed by atoms with Crippen molar-refractivity contribution in [3.05, 3.63) is 54.0 Å². The smallest absolute Gasteiger partial charge is 0.138 e. The van der Waals surface area contributed by atoms with Gasteiger partial charge in [0.2, 0.25) is 0 Å². The molecule has 6 heterocycles. The molecule has 178 valence electrons. The van der Waals surface area contributed by atoms with E-state index >= 15 is 0 Å². The van der Waals surface area contributed by atoms with Gasteiger partial charge < -0.3 is 10.6 Å². The third kappa shape index (κ3) is 4.45. The lowest BCUT2D eigenvalue weighted by Gasteiger charge is -2.39. The Labute approximate surface area is 200 Å². The Morgan fingerprint density at radius 3 is 2.56 bits per heavy atom. The Morgan fingerprint density at radius 1 is 1.03 bits per heavy atom. The largest absolute Gasteiger partial charge is 0.367 e. The second-order valence-corrected chi connectivity index (χ2v) is 10.3. The average molecular weight is 459 g/mol. The minimum absolute atomic E-state index is 0.158. The zero-order chi connectivity index (χ0) is 23.1. The van der Waals surface area contributed by atoms with Crippen molar-refractivity contribution in [1.29, 1.82) is 0 Å². The van der Waals surface area contributed by atoms with Gasteiger partial charge in [0, 0.05) is 60.8 Å². The Balaban J connectivity index is 1.21. The summed E-state index contributed by atoms with van der Waals surface area (Å²) in [6, 6.07) is 10.6. The number of piperidine rings is 1. The molecule has 34 heavy (non-hydrogen) atoms. The summed E-state index contributed by atoms with van der Waals surface area (Å²) in [6.45, 7) is 5.29. The van der Waals surface area contributed by atoms with Gasteiger partial charge in [-0.2, -0.15) is 0 Å². The first-order chi connectivity index (χ1) is 16.6. The van der Waals surface area contributed by atoms with Crippen LogP contribution >= 0.6 is 0 Å². The number of nitrogens with one attached hydrogen (secondary N) is 4. The normalized spacial score (nSPS) is 28.9. The van der Waals surface area contributed by atoms with Crippen LogP contribution in [0.2, 0.25) is 0 Å². The van der Waals surface area contributed by atoms with E-state index in [-0.39, 0.29) is 6.17 Å². The molecule has 0 spiro atoms. The molecule has 2 bridgehead atoms. The maximum absolute atomic E-state index is 5.03. The lowest BCUT2D eigenvalue weighted by atomic mass is 9.96. The van der Waals surface area contributed by atoms with Crippen molar-refractivity contribution < 1.29 is 0 Å². The number of anilines is 2. The number of nitrogens with zero attached hydrogens (tertiary/aromatic N) is 4. The number of rotatable bonds is 6. The van der Waals surface area contributed by atoms with Crippen LogP contribution in [-0.2, 0) is 6.54 Å². The molecular formula is C26H34N8. The molecule has 8 nitrogen and oxygen atoms in total. The summed E-state index contributed by atoms with van der Waals surface area (Å²) in [6.07, 6.45) is 11.8. The third-order valence-electron chi connectivity index (χ3n) is 7.57. The topological polar surface area (TPSA) is 90.0 Å². The molecular weight excluding hydrogens is 424 g/mol. The summed E-state index contributed by atoms with van der Waals surface area (Å²) < 4.78 is 0. The van der Waals surface area contributed by atoms with E-state index < -0.39 is 0 Å². The molecule has 8 heteroatoms. The number of hydrazine groups is 1. The number of fused-ring (bicyclic) bond motifs is 3. The van der Waals surface area contributed by atoms with Crippen molar-refractivity contribution >= 4 is 22.5 Å². The number of hydrogen-bond acceptors (Lipinski definition) is 8. The van der Waals surface area contributed by atoms with Crippen molar-refractivity contribution in [1.82, 2.24) is 30.7 Å². The molecule has 3 aromatic rings. The maximum atomic E-state index is 5.03. The van der Waals surface area contributed by atoms with Gasteiger partial charge in [-0.15, -0.1) is 0 Å². The second-order valence-electron chi connectivity index (χ2n) is 10.3. The maximum Gasteiger partial charge on any atom is 0.138 e. The van der Waals surface area contributed by atoms with E-state index in [1.165, 1.54) is 18.4 Å². The number of aryl methyl sites for hydroxylation is 1. The highest BCUT2D eigenvalue weighted by Crippen LogP contribution is 2.38. The predicted octanol–water partition coefficient (Wildman–Crippen LogP) is 3.57. The minimum atomic E-state index is 0.158. The summed E-state index contributed by atoms with van der Waals surface area (Å²) in [5, 5.41) is 8.49. The van der Waals surface area contributed by atoms with Crippen LogP contribution in [0.3, 0.4) is 0 Å². The molecule has 0 amide bonds. The van der Waals surface area contributed by atoms with E-state index in [1.54, 1.807) is 0 Å². The summed E-state index contributed by atoms with van der Waals surface area (Å²) in [5.41, 5.74) is 10.1. The van der Waals surface area contributed by atoms with Crippen LogP contribution in [0.5, 0.6) is 0 Å². The lowest BCUT2D eigenvalue weighted by Crippen LogP contribution is -2.46. The van der Waals surface area contributed by atoms with Gasteiger partial charge in [0.25, 0.3) is 0 Å². The molecule has 6 rings (SSSR count). The molecule has 3 fully saturated rings. The zero-order valence-corrected chi connectivity index (χ0v) is 20.0. The molecule has 0 saturated carbocycles. The van der Waals surface area contributed by atoms with Crippen molar-refractivity contribution in [3.63, 3.8) is 0 Å². The van der Waals surface area contributed by atoms with Gasteiger partial charge in [-0.3, -0.25) is 20.3 Å². The fourth-order valence-corrected chi connectivity index (χ4v) is 5.94. The summed E-state index contributed by atoms with van der Waals surface area (Å²) in [4.78, 5) is 16.6. The summed E-state index contributed by atoms with van der Waals surface area (Å²) in [7, 11) is 0. The van der Waals surface area contributed by atoms with E-state index in [2.05, 4.69) is 69.5 Å². The van der Waals surface area contributed by atoms with Crippen LogP contribution in [-0.4, -0.2) is 50.2 Å². The summed E-state index contributed by atoms with van der Waals surface area (Å²) in [5.74, 6) is 1.81. The van der Waals surface area contributed by atoms with Gasteiger partial charge in [0.05, 0.1) is 11.7 Å². The predicted molar refractivity (Wildman–Crippen MR) is 135 cm³/mol. The standard InChI is InChI=1S/C26H34N8/c1-16-9-22-23(28-14-16)13-24(30-25-10-17(2)32-33-25)31-26(22)29-19-11-20-3-4-21(12-19)34(20)15-18-5-7-27-8-6-18/h5-9,13-14,17,19-21,25,32-33H,3-4,10-12,15H2,1-2H3,(H2,29,30,31)/t17?,19?,20-,21+,25?. The molecule has 0 aliphatic carbocycles. The zero-order valence-electron chi connectivity index (χ0n) is 20.0. The van der Waals surface area contributed by atoms with Gasteiger partial charge in [0.15, 0.2) is 0 Å². The van der Waals surface area contributed by atoms with Gasteiger partial charge in [-0.25, -0.2) is 10.4 Å². The van der Waals surface area contributed by atoms with Gasteiger partial charge in [-0.05, 0) is 75.3 Å². The van der Waals surface area contributed by atoms with E-state index in [0.717, 1.165) is 53.9 Å². The number of aromatic nitrogens is 3. The fourth-order valence-electron chi connectivity index (χ4n) is 5.94. The van der Waals surface area contributed by atoms with Crippen LogP contribution in [0.4, 0.5) is 11.6 Å². The first-order valence-corrected chi connectivity index (χ1v) is 12.6. The number of pyridine rings is 3. The quantitative estimate of drug-likeness (QED) is 0.446. The van der Waals surface area contributed by atoms with Crippen molar-refractivity contribution in [2.75, 3.05) is 10.6 Å². The molecule has 0 aromatic carbocycles. The summed E-state index contributed by atoms with van der Waals surface area (Å²) >= 11 is 0. The van der Waals surface area contributed by atoms with E-state index in [4.69, 9.17) is 9.97 Å². The Bertz CT molecular complexity index is 1140. The molecule has 0 radical (unpaired) electrons. The second kappa shape index (κ2) is 9.09. The lowest BCUT2D eigenvalue weighted by molar-refractivity contribution is 0.124. The third-order valence-corrected chi connectivity index (χ3v) is 7.57. The Hall–Kier alpha value is -2.81. The van der Waals surface area contributed by atoms with E-state index in [1.807, 2.05) is 18.6 Å². The fraction of sp³-hybridized carbons (Fsp3) is 0.500. The molecule has 3 saturated heterocycles. The van der Waals surface area contributed by atoms with Crippen molar-refractivity contribution in [3.8, 4) is 0 Å². The molecule has 3 aliphatic rings. The highest BCUT2D eigenvalue weighted by atomic mass is 15.5. The molecule has 4 N–H and O–H groups in total. The van der Waals surface area contributed by atoms with Crippen LogP contribution < -0.4 is 21.5 Å². The molecule has 5 atom stereocenters. The highest BCUT2D eigenvalue weighted by molar-refractivity contribution is 5.91. The van der Waals surface area contributed by atoms with Gasteiger partial charge in [-0.1, -0.05) is 0 Å². The molecule has 3 aromatic heterocycles. The van der Waals surface area contributed by atoms with E-state index in [0.29, 0.717) is 24.2 Å². The SMILES string of the molecule is Cc1cnc2cc(NC3CC(C)NN3)nc(NC3C[C@H]4CC[C@@H](C3)N4Cc3ccncc3)c2c1. The first-order valence-electron chi connectivity index (χ1n) is 12.6. The molecule has 3 unspecified atom stereocenters. The first kappa shape index (κ1) is 21.7. The molecule has 3 aliphatic heterocycles. The highest BCUT2D eigenvalue weighted by Gasteiger charge is 2.40. The van der Waals surface area contributed by atoms with Crippen LogP contribution in [0.25, 0.3) is 10.9 Å². The Morgan fingerprint density at radius 2 is 1.82 bits per heavy atom. The number of hydrogen-bond donors (Lipinski definition) is 4. The van der Waals surface area contributed by atoms with Crippen LogP contribution in [0.15, 0.2) is 42.9 Å². The van der Waals surface area contributed by atoms with Gasteiger partial charge >= 0.3 is 0 Å². The van der Waals surface area contributed by atoms with Crippen molar-refractivity contribution in [2.45, 2.75) is 82.8 Å². The monoisotopic (exact) mass is 458 g/mol. The van der Waals surface area contributed by atoms with Crippen molar-refractivity contribution in [2.24, 2.45) is 0 Å². The average Bonchev–Trinajstić information content (AvgIpc) is 3.33. The van der Waals surface area contributed by atoms with Crippen LogP contribution in [0.1, 0.15) is 50.2 Å². The minimum Gasteiger partial charge on any atom is -0.367 e. The Kier molecular flexibility index (Phi) is 5.80.